The molecule has 1 saturated heterocycles. The van der Waals surface area contributed by atoms with Gasteiger partial charge >= 0.3 is 0 Å². The standard InChI is InChI=1S/C24H28N4O3.ClH/c29-23-10-8-18-7-9-19(17-21(18)25-23)30-16-4-3-11-27-12-14-28(15-13-27)24-20-5-1-2-6-22(20)31-26-24;/h1-2,5-7,9,17H,3-4,8,10-16H2,(H,25,29);1H. The third-order valence-electron chi connectivity index (χ3n) is 6.14. The van der Waals surface area contributed by atoms with Gasteiger partial charge < -0.3 is 19.5 Å². The summed E-state index contributed by atoms with van der Waals surface area (Å²) in [5.41, 5.74) is 2.93. The summed E-state index contributed by atoms with van der Waals surface area (Å²) in [6.07, 6.45) is 3.49. The van der Waals surface area contributed by atoms with Gasteiger partial charge in [0, 0.05) is 44.4 Å². The maximum atomic E-state index is 11.6. The van der Waals surface area contributed by atoms with E-state index in [9.17, 15) is 4.79 Å². The highest BCUT2D eigenvalue weighted by molar-refractivity contribution is 5.94. The number of nitrogens with one attached hydrogen (secondary N) is 1. The number of ether oxygens (including phenoxy) is 1. The van der Waals surface area contributed by atoms with Crippen LogP contribution in [0.15, 0.2) is 47.0 Å². The van der Waals surface area contributed by atoms with Crippen LogP contribution in [0.4, 0.5) is 11.5 Å². The van der Waals surface area contributed by atoms with Crippen LogP contribution < -0.4 is 15.0 Å². The average Bonchev–Trinajstić information content (AvgIpc) is 3.23. The Morgan fingerprint density at radius 2 is 1.88 bits per heavy atom. The van der Waals surface area contributed by atoms with E-state index < -0.39 is 0 Å². The van der Waals surface area contributed by atoms with E-state index in [2.05, 4.69) is 32.4 Å². The van der Waals surface area contributed by atoms with Gasteiger partial charge in [-0.25, -0.2) is 0 Å². The first-order valence-corrected chi connectivity index (χ1v) is 11.1. The zero-order valence-electron chi connectivity index (χ0n) is 18.1. The molecule has 170 valence electrons. The van der Waals surface area contributed by atoms with Crippen molar-refractivity contribution in [1.29, 1.82) is 0 Å². The van der Waals surface area contributed by atoms with E-state index >= 15 is 0 Å². The van der Waals surface area contributed by atoms with E-state index in [0.29, 0.717) is 13.0 Å². The molecule has 1 amide bonds. The summed E-state index contributed by atoms with van der Waals surface area (Å²) in [6, 6.07) is 14.0. The molecule has 0 aliphatic carbocycles. The van der Waals surface area contributed by atoms with Crippen LogP contribution in [-0.2, 0) is 11.2 Å². The fraction of sp³-hybridized carbons (Fsp3) is 0.417. The van der Waals surface area contributed by atoms with Crippen molar-refractivity contribution >= 4 is 40.8 Å². The van der Waals surface area contributed by atoms with Gasteiger partial charge in [-0.1, -0.05) is 23.4 Å². The summed E-state index contributed by atoms with van der Waals surface area (Å²) in [7, 11) is 0. The number of rotatable bonds is 7. The van der Waals surface area contributed by atoms with E-state index in [0.717, 1.165) is 80.2 Å². The maximum absolute atomic E-state index is 11.6. The number of para-hydroxylation sites is 1. The number of carbonyl (C=O) groups is 1. The number of aryl methyl sites for hydroxylation is 1. The molecule has 3 aromatic rings. The lowest BCUT2D eigenvalue weighted by Crippen LogP contribution is -2.46. The van der Waals surface area contributed by atoms with Crippen molar-refractivity contribution in [2.75, 3.05) is 49.5 Å². The fourth-order valence-electron chi connectivity index (χ4n) is 4.35. The van der Waals surface area contributed by atoms with Crippen LogP contribution in [-0.4, -0.2) is 55.3 Å². The van der Waals surface area contributed by atoms with Gasteiger partial charge in [0.2, 0.25) is 5.91 Å². The molecule has 1 fully saturated rings. The predicted octanol–water partition coefficient (Wildman–Crippen LogP) is 4.12. The Morgan fingerprint density at radius 3 is 2.75 bits per heavy atom. The normalized spacial score (nSPS) is 16.4. The van der Waals surface area contributed by atoms with Crippen LogP contribution in [0.2, 0.25) is 0 Å². The molecule has 0 spiro atoms. The van der Waals surface area contributed by atoms with Crippen LogP contribution in [0.3, 0.4) is 0 Å². The molecule has 2 aliphatic heterocycles. The third kappa shape index (κ3) is 5.00. The number of unbranched alkanes of at least 4 members (excludes halogenated alkanes) is 1. The smallest absolute Gasteiger partial charge is 0.224 e. The quantitative estimate of drug-likeness (QED) is 0.539. The van der Waals surface area contributed by atoms with Crippen molar-refractivity contribution in [3.8, 4) is 5.75 Å². The number of benzene rings is 2. The SMILES string of the molecule is Cl.O=C1CCc2ccc(OCCCCN3CCN(c4noc5ccccc45)CC3)cc2N1. The molecule has 0 unspecified atom stereocenters. The van der Waals surface area contributed by atoms with Crippen molar-refractivity contribution in [1.82, 2.24) is 10.1 Å². The van der Waals surface area contributed by atoms with Crippen LogP contribution >= 0.6 is 12.4 Å². The minimum atomic E-state index is 0. The summed E-state index contributed by atoms with van der Waals surface area (Å²) < 4.78 is 11.4. The lowest BCUT2D eigenvalue weighted by molar-refractivity contribution is -0.116. The lowest BCUT2D eigenvalue weighted by atomic mass is 10.0. The molecular formula is C24H29ClN4O3. The van der Waals surface area contributed by atoms with Crippen LogP contribution in [0.1, 0.15) is 24.8 Å². The molecule has 5 rings (SSSR count). The summed E-state index contributed by atoms with van der Waals surface area (Å²) in [5.74, 6) is 1.88. The number of hydrogen-bond acceptors (Lipinski definition) is 6. The number of aromatic nitrogens is 1. The van der Waals surface area contributed by atoms with Crippen LogP contribution in [0.25, 0.3) is 11.0 Å². The molecule has 3 heterocycles. The third-order valence-corrected chi connectivity index (χ3v) is 6.14. The molecule has 2 aromatic carbocycles. The van der Waals surface area contributed by atoms with E-state index in [-0.39, 0.29) is 18.3 Å². The van der Waals surface area contributed by atoms with Gasteiger partial charge in [0.15, 0.2) is 11.4 Å². The highest BCUT2D eigenvalue weighted by Gasteiger charge is 2.21. The molecule has 0 saturated carbocycles. The number of anilines is 2. The molecule has 32 heavy (non-hydrogen) atoms. The van der Waals surface area contributed by atoms with E-state index in [4.69, 9.17) is 9.26 Å². The van der Waals surface area contributed by atoms with Gasteiger partial charge in [0.1, 0.15) is 5.75 Å². The number of hydrogen-bond donors (Lipinski definition) is 1. The Hall–Kier alpha value is -2.77. The van der Waals surface area contributed by atoms with Gasteiger partial charge in [-0.3, -0.25) is 9.69 Å². The van der Waals surface area contributed by atoms with Crippen molar-refractivity contribution in [2.45, 2.75) is 25.7 Å². The minimum absolute atomic E-state index is 0. The molecule has 8 heteroatoms. The van der Waals surface area contributed by atoms with Crippen LogP contribution in [0.5, 0.6) is 5.75 Å². The Morgan fingerprint density at radius 1 is 1.03 bits per heavy atom. The Bertz CT molecular complexity index is 1060. The van der Waals surface area contributed by atoms with Crippen LogP contribution in [0, 0.1) is 0 Å². The molecule has 1 aromatic heterocycles. The monoisotopic (exact) mass is 456 g/mol. The van der Waals surface area contributed by atoms with Gasteiger partial charge in [0.05, 0.1) is 12.0 Å². The van der Waals surface area contributed by atoms with Gasteiger partial charge in [-0.2, -0.15) is 0 Å². The number of carbonyl (C=O) groups excluding carboxylic acids is 1. The molecule has 7 nitrogen and oxygen atoms in total. The van der Waals surface area contributed by atoms with Crippen molar-refractivity contribution in [2.24, 2.45) is 0 Å². The van der Waals surface area contributed by atoms with E-state index in [1.807, 2.05) is 30.3 Å². The highest BCUT2D eigenvalue weighted by atomic mass is 35.5. The highest BCUT2D eigenvalue weighted by Crippen LogP contribution is 2.28. The van der Waals surface area contributed by atoms with Gasteiger partial charge in [-0.15, -0.1) is 12.4 Å². The zero-order valence-corrected chi connectivity index (χ0v) is 18.9. The Labute approximate surface area is 194 Å². The first-order chi connectivity index (χ1) is 15.3. The molecular weight excluding hydrogens is 428 g/mol. The number of halogens is 1. The second kappa shape index (κ2) is 10.2. The number of fused-ring (bicyclic) bond motifs is 2. The number of nitrogens with zero attached hydrogens (tertiary/aromatic N) is 3. The zero-order chi connectivity index (χ0) is 21.0. The Balaban J connectivity index is 0.00000245. The molecule has 0 atom stereocenters. The van der Waals surface area contributed by atoms with Crippen molar-refractivity contribution in [3.05, 3.63) is 48.0 Å². The van der Waals surface area contributed by atoms with Crippen molar-refractivity contribution in [3.63, 3.8) is 0 Å². The summed E-state index contributed by atoms with van der Waals surface area (Å²) in [6.45, 7) is 5.77. The number of amides is 1. The lowest BCUT2D eigenvalue weighted by Gasteiger charge is -2.34. The van der Waals surface area contributed by atoms with Crippen molar-refractivity contribution < 1.29 is 14.1 Å². The molecule has 2 aliphatic rings. The number of piperazine rings is 1. The fourth-order valence-corrected chi connectivity index (χ4v) is 4.35. The molecule has 1 N–H and O–H groups in total. The summed E-state index contributed by atoms with van der Waals surface area (Å²) in [5, 5.41) is 8.30. The maximum Gasteiger partial charge on any atom is 0.224 e. The second-order valence-electron chi connectivity index (χ2n) is 8.25. The van der Waals surface area contributed by atoms with Gasteiger partial charge in [0.25, 0.3) is 0 Å². The Kier molecular flexibility index (Phi) is 7.17. The summed E-state index contributed by atoms with van der Waals surface area (Å²) >= 11 is 0. The first-order valence-electron chi connectivity index (χ1n) is 11.1. The van der Waals surface area contributed by atoms with E-state index in [1.54, 1.807) is 0 Å². The largest absolute Gasteiger partial charge is 0.494 e. The minimum Gasteiger partial charge on any atom is -0.494 e. The second-order valence-corrected chi connectivity index (χ2v) is 8.25. The first kappa shape index (κ1) is 22.4. The van der Waals surface area contributed by atoms with E-state index in [1.165, 1.54) is 5.56 Å². The molecule has 0 radical (unpaired) electrons. The predicted molar refractivity (Wildman–Crippen MR) is 128 cm³/mol. The van der Waals surface area contributed by atoms with Gasteiger partial charge in [-0.05, 0) is 49.6 Å². The summed E-state index contributed by atoms with van der Waals surface area (Å²) in [4.78, 5) is 16.4. The topological polar surface area (TPSA) is 70.8 Å². The molecule has 0 bridgehead atoms. The average molecular weight is 457 g/mol.